The predicted octanol–water partition coefficient (Wildman–Crippen LogP) is 3.77. The fourth-order valence-corrected chi connectivity index (χ4v) is 1.21. The number of hydrogen-bond donors (Lipinski definition) is 0. The molecule has 3 fully saturated rings. The van der Waals surface area contributed by atoms with Crippen LogP contribution in [0.4, 0.5) is 0 Å². The summed E-state index contributed by atoms with van der Waals surface area (Å²) in [5.74, 6) is 2.42. The van der Waals surface area contributed by atoms with Crippen molar-refractivity contribution in [1.29, 1.82) is 0 Å². The third kappa shape index (κ3) is 5.89. The molecule has 0 unspecified atom stereocenters. The Morgan fingerprint density at radius 3 is 1.00 bits per heavy atom. The molecule has 3 aliphatic carbocycles. The first kappa shape index (κ1) is 12.3. The van der Waals surface area contributed by atoms with Gasteiger partial charge in [0.05, 0.1) is 0 Å². The van der Waals surface area contributed by atoms with Crippen LogP contribution in [-0.4, -0.2) is 26.3 Å². The van der Waals surface area contributed by atoms with Gasteiger partial charge in [-0.2, -0.15) is 0 Å². The Kier molecular flexibility index (Phi) is 5.25. The molecule has 2 bridgehead atoms. The molecule has 0 amide bonds. The van der Waals surface area contributed by atoms with Crippen LogP contribution in [0.5, 0.6) is 0 Å². The molecule has 0 heterocycles. The molecule has 3 rings (SSSR count). The first-order valence-electron chi connectivity index (χ1n) is 5.11. The molecule has 0 aromatic heterocycles. The van der Waals surface area contributed by atoms with Crippen LogP contribution in [-0.2, 0) is 0 Å². The highest BCUT2D eigenvalue weighted by Crippen LogP contribution is 2.52. The summed E-state index contributed by atoms with van der Waals surface area (Å²) >= 11 is 0. The fraction of sp³-hybridized carbons (Fsp3) is 0.909. The van der Waals surface area contributed by atoms with E-state index >= 15 is 0 Å². The second kappa shape index (κ2) is 5.12. The van der Waals surface area contributed by atoms with Crippen molar-refractivity contribution >= 4 is 13.2 Å². The van der Waals surface area contributed by atoms with Crippen molar-refractivity contribution < 1.29 is 0 Å². The van der Waals surface area contributed by atoms with E-state index in [0.717, 1.165) is 0 Å². The van der Waals surface area contributed by atoms with Crippen molar-refractivity contribution in [3.05, 3.63) is 0 Å². The molecule has 12 heavy (non-hydrogen) atoms. The van der Waals surface area contributed by atoms with Crippen LogP contribution < -0.4 is 0 Å². The molecule has 3 saturated carbocycles. The smallest absolute Gasteiger partial charge is 0.0406 e. The summed E-state index contributed by atoms with van der Waals surface area (Å²) in [6, 6.07) is 0. The molecule has 0 N–H and O–H groups in total. The molecule has 0 aliphatic heterocycles. The van der Waals surface area contributed by atoms with Crippen molar-refractivity contribution in [3.63, 3.8) is 0 Å². The van der Waals surface area contributed by atoms with Gasteiger partial charge in [-0.3, -0.25) is 0 Å². The van der Waals surface area contributed by atoms with Gasteiger partial charge in [-0.1, -0.05) is 13.8 Å². The van der Waals surface area contributed by atoms with Gasteiger partial charge in [0.1, 0.15) is 0 Å². The van der Waals surface area contributed by atoms with E-state index in [0.29, 0.717) is 0 Å². The van der Waals surface area contributed by atoms with Gasteiger partial charge >= 0.3 is 0 Å². The zero-order valence-electron chi connectivity index (χ0n) is 9.43. The maximum Gasteiger partial charge on any atom is -0.0406 e. The van der Waals surface area contributed by atoms with E-state index in [4.69, 9.17) is 0 Å². The third-order valence-electron chi connectivity index (χ3n) is 2.00. The molecule has 0 saturated heterocycles. The highest BCUT2D eigenvalue weighted by molar-refractivity contribution is 7.71. The van der Waals surface area contributed by atoms with Crippen molar-refractivity contribution in [2.24, 2.45) is 11.8 Å². The van der Waals surface area contributed by atoms with Gasteiger partial charge < -0.3 is 0 Å². The minimum atomic E-state index is -0.639. The average Bonchev–Trinajstić information content (AvgIpc) is 1.54. The summed E-state index contributed by atoms with van der Waals surface area (Å²) in [5.41, 5.74) is 0. The first-order valence-corrected chi connectivity index (χ1v) is 8.42. The van der Waals surface area contributed by atoms with Gasteiger partial charge in [0.25, 0.3) is 0 Å². The van der Waals surface area contributed by atoms with E-state index in [1.165, 1.54) is 11.8 Å². The summed E-state index contributed by atoms with van der Waals surface area (Å²) < 4.78 is 0. The van der Waals surface area contributed by atoms with Crippen LogP contribution in [0.15, 0.2) is 0 Å². The van der Waals surface area contributed by atoms with Gasteiger partial charge in [-0.05, 0) is 51.1 Å². The maximum atomic E-state index is 3.88. The van der Waals surface area contributed by atoms with Gasteiger partial charge in [0.15, 0.2) is 0 Å². The summed E-state index contributed by atoms with van der Waals surface area (Å²) in [7, 11) is 0. The van der Waals surface area contributed by atoms with E-state index in [-0.39, 0.29) is 0 Å². The van der Waals surface area contributed by atoms with Crippen molar-refractivity contribution in [2.75, 3.05) is 20.0 Å². The molecular formula is C11H25P. The predicted molar refractivity (Wildman–Crippen MR) is 64.0 cm³/mol. The number of hydrogen-bond acceptors (Lipinski definition) is 0. The second-order valence-electron chi connectivity index (χ2n) is 4.73. The molecule has 0 aromatic carbocycles. The molecule has 0 radical (unpaired) electrons. The normalized spacial score (nSPS) is 29.4. The first-order chi connectivity index (χ1) is 5.45. The topological polar surface area (TPSA) is 0 Å². The fourth-order valence-electron chi connectivity index (χ4n) is 1.21. The molecular weight excluding hydrogens is 163 g/mol. The summed E-state index contributed by atoms with van der Waals surface area (Å²) in [5, 5.41) is 0. The Morgan fingerprint density at radius 1 is 0.917 bits per heavy atom. The van der Waals surface area contributed by atoms with Crippen LogP contribution in [0.1, 0.15) is 33.1 Å². The number of rotatable bonds is 0. The van der Waals surface area contributed by atoms with Crippen molar-refractivity contribution in [2.45, 2.75) is 33.1 Å². The molecule has 0 spiro atoms. The Labute approximate surface area is 78.7 Å². The zero-order chi connectivity index (χ0) is 9.78. The monoisotopic (exact) mass is 188 g/mol. The van der Waals surface area contributed by atoms with Crippen molar-refractivity contribution in [3.8, 4) is 0 Å². The van der Waals surface area contributed by atoms with Gasteiger partial charge in [-0.25, -0.2) is 0 Å². The van der Waals surface area contributed by atoms with E-state index in [1.807, 2.05) is 13.8 Å². The minimum Gasteiger partial charge on any atom is -0.121 e. The largest absolute Gasteiger partial charge is 0.121 e. The summed E-state index contributed by atoms with van der Waals surface area (Å²) in [6.45, 7) is 9.92. The highest BCUT2D eigenvalue weighted by atomic mass is 31.2. The highest BCUT2D eigenvalue weighted by Gasteiger charge is 2.41. The quantitative estimate of drug-likeness (QED) is 0.508. The molecule has 1 heteroatoms. The minimum absolute atomic E-state index is 0.639. The zero-order valence-corrected chi connectivity index (χ0v) is 10.3. The van der Waals surface area contributed by atoms with Crippen LogP contribution in [0, 0.1) is 11.8 Å². The van der Waals surface area contributed by atoms with Crippen LogP contribution in [0.25, 0.3) is 0 Å². The Hall–Kier alpha value is 0.300. The van der Waals surface area contributed by atoms with Crippen LogP contribution in [0.3, 0.4) is 0 Å². The second-order valence-corrected chi connectivity index (χ2v) is 9.31. The van der Waals surface area contributed by atoms with Crippen LogP contribution in [0.2, 0.25) is 0 Å². The lowest BCUT2D eigenvalue weighted by molar-refractivity contribution is 0.0198. The molecule has 0 atom stereocenters. The lowest BCUT2D eigenvalue weighted by Crippen LogP contribution is -2.38. The van der Waals surface area contributed by atoms with E-state index in [1.54, 1.807) is 19.3 Å². The summed E-state index contributed by atoms with van der Waals surface area (Å²) in [4.78, 5) is 0. The summed E-state index contributed by atoms with van der Waals surface area (Å²) in [6.07, 6.45) is 8.63. The Balaban J connectivity index is 0.000000168. The standard InChI is InChI=1S/C5H8.C4H11P.C2H6/c1-4-2-5(1)3-4;1-5(2,3)4;1-2/h4-5H,1-3H2;1H2,2-4H3;1-2H3. The SMILES string of the molecule is C1C2CC1C2.C=P(C)(C)C.CC. The van der Waals surface area contributed by atoms with Gasteiger partial charge in [0, 0.05) is 0 Å². The van der Waals surface area contributed by atoms with Gasteiger partial charge in [-0.15, -0.1) is 13.2 Å². The molecule has 74 valence electrons. The van der Waals surface area contributed by atoms with Crippen LogP contribution >= 0.6 is 6.89 Å². The Bertz CT molecular complexity index is 126. The maximum absolute atomic E-state index is 3.88. The lowest BCUT2D eigenvalue weighted by atomic mass is 9.56. The lowest BCUT2D eigenvalue weighted by Gasteiger charge is -2.49. The third-order valence-corrected chi connectivity index (χ3v) is 2.00. The van der Waals surface area contributed by atoms with E-state index < -0.39 is 6.89 Å². The molecule has 0 aromatic rings. The molecule has 0 nitrogen and oxygen atoms in total. The van der Waals surface area contributed by atoms with E-state index in [2.05, 4.69) is 26.3 Å². The Morgan fingerprint density at radius 2 is 1.00 bits per heavy atom. The van der Waals surface area contributed by atoms with Crippen molar-refractivity contribution in [1.82, 2.24) is 0 Å². The van der Waals surface area contributed by atoms with Gasteiger partial charge in [0.2, 0.25) is 0 Å². The average molecular weight is 188 g/mol. The molecule has 3 aliphatic rings. The van der Waals surface area contributed by atoms with E-state index in [9.17, 15) is 0 Å².